The third kappa shape index (κ3) is 4.22. The van der Waals surface area contributed by atoms with E-state index in [2.05, 4.69) is 41.3 Å². The number of amides is 1. The van der Waals surface area contributed by atoms with E-state index in [0.29, 0.717) is 16.6 Å². The van der Waals surface area contributed by atoms with Crippen LogP contribution in [0.2, 0.25) is 0 Å². The molecule has 0 spiro atoms. The highest BCUT2D eigenvalue weighted by Crippen LogP contribution is 2.23. The highest BCUT2D eigenvalue weighted by atomic mass is 79.9. The number of nitrogens with one attached hydrogen (secondary N) is 3. The van der Waals surface area contributed by atoms with Gasteiger partial charge in [-0.2, -0.15) is 0 Å². The van der Waals surface area contributed by atoms with Crippen molar-refractivity contribution in [1.29, 1.82) is 0 Å². The van der Waals surface area contributed by atoms with Crippen molar-refractivity contribution in [2.75, 3.05) is 12.4 Å². The van der Waals surface area contributed by atoms with Crippen molar-refractivity contribution in [1.82, 2.24) is 10.3 Å². The van der Waals surface area contributed by atoms with Gasteiger partial charge >= 0.3 is 11.7 Å². The quantitative estimate of drug-likeness (QED) is 0.583. The summed E-state index contributed by atoms with van der Waals surface area (Å²) in [6.45, 7) is 0.152. The topological polar surface area (TPSA) is 94.5 Å². The van der Waals surface area contributed by atoms with E-state index < -0.39 is 11.8 Å². The first-order chi connectivity index (χ1) is 11.0. The summed E-state index contributed by atoms with van der Waals surface area (Å²) in [5.41, 5.74) is 0.620. The van der Waals surface area contributed by atoms with Crippen LogP contribution in [0.5, 0.6) is 0 Å². The Morgan fingerprint density at radius 3 is 2.96 bits per heavy atom. The fraction of sp³-hybridized carbons (Fsp3) is 0.143. The summed E-state index contributed by atoms with van der Waals surface area (Å²) in [6.07, 6.45) is 1.98. The summed E-state index contributed by atoms with van der Waals surface area (Å²) in [6, 6.07) is 4.42. The molecule has 9 heteroatoms. The number of aromatic amines is 1. The van der Waals surface area contributed by atoms with Crippen molar-refractivity contribution < 1.29 is 23.7 Å². The van der Waals surface area contributed by atoms with E-state index in [4.69, 9.17) is 0 Å². The molecule has 0 aliphatic rings. The van der Waals surface area contributed by atoms with Crippen LogP contribution in [0.25, 0.3) is 0 Å². The number of aromatic nitrogens is 2. The maximum atomic E-state index is 13.9. The molecule has 2 rings (SSSR count). The molecular weight excluding hydrogens is 371 g/mol. The number of H-pyrrole nitrogens is 1. The van der Waals surface area contributed by atoms with Crippen LogP contribution in [0.4, 0.5) is 15.9 Å². The van der Waals surface area contributed by atoms with E-state index in [1.165, 1.54) is 25.4 Å². The van der Waals surface area contributed by atoms with E-state index in [9.17, 15) is 14.0 Å². The van der Waals surface area contributed by atoms with Crippen LogP contribution in [0.3, 0.4) is 0 Å². The van der Waals surface area contributed by atoms with E-state index in [-0.39, 0.29) is 23.7 Å². The van der Waals surface area contributed by atoms with Crippen LogP contribution >= 0.6 is 15.9 Å². The molecular formula is C14H13BrFN4O3+. The van der Waals surface area contributed by atoms with E-state index in [1.807, 2.05) is 0 Å². The molecule has 0 saturated carbocycles. The Morgan fingerprint density at radius 1 is 1.52 bits per heavy atom. The van der Waals surface area contributed by atoms with Crippen LogP contribution in [0.1, 0.15) is 16.2 Å². The largest absolute Gasteiger partial charge is 0.461 e. The lowest BCUT2D eigenvalue weighted by Gasteiger charge is -2.08. The summed E-state index contributed by atoms with van der Waals surface area (Å²) < 4.78 is 19.2. The number of ether oxygens (including phenoxy) is 1. The van der Waals surface area contributed by atoms with Gasteiger partial charge in [-0.15, -0.1) is 0 Å². The van der Waals surface area contributed by atoms with Crippen LogP contribution < -0.4 is 15.6 Å². The Labute approximate surface area is 139 Å². The molecule has 120 valence electrons. The monoisotopic (exact) mass is 383 g/mol. The number of carbonyl (C=O) groups is 2. The Kier molecular flexibility index (Phi) is 5.58. The van der Waals surface area contributed by atoms with E-state index in [0.717, 1.165) is 0 Å². The van der Waals surface area contributed by atoms with Crippen molar-refractivity contribution in [3.63, 3.8) is 0 Å². The third-order valence-electron chi connectivity index (χ3n) is 2.82. The van der Waals surface area contributed by atoms with Crippen molar-refractivity contribution in [2.45, 2.75) is 6.54 Å². The molecule has 2 aromatic rings. The van der Waals surface area contributed by atoms with Gasteiger partial charge in [-0.25, -0.2) is 19.2 Å². The summed E-state index contributed by atoms with van der Waals surface area (Å²) in [5.74, 6) is -1.09. The standard InChI is InChI=1S/C14H12BrFN4O3/c1-23-14(22)12-13(19-9(6-18-12)5-17-7-21)20-11-3-2-8(15)4-10(11)16/h2-4,6-7H,5H2,1H3,(H,17,21)(H,19,20)/p+1. The van der Waals surface area contributed by atoms with Gasteiger partial charge in [-0.1, -0.05) is 15.9 Å². The Bertz CT molecular complexity index is 742. The minimum atomic E-state index is -0.660. The summed E-state index contributed by atoms with van der Waals surface area (Å²) in [4.78, 5) is 29.1. The van der Waals surface area contributed by atoms with Crippen LogP contribution in [0, 0.1) is 5.82 Å². The van der Waals surface area contributed by atoms with Gasteiger partial charge in [0.1, 0.15) is 11.5 Å². The number of carbonyl (C=O) groups excluding carboxylic acids is 2. The Balaban J connectivity index is 2.39. The average Bonchev–Trinajstić information content (AvgIpc) is 2.55. The predicted molar refractivity (Wildman–Crippen MR) is 82.4 cm³/mol. The lowest BCUT2D eigenvalue weighted by molar-refractivity contribution is -0.384. The Morgan fingerprint density at radius 2 is 2.30 bits per heavy atom. The van der Waals surface area contributed by atoms with E-state index in [1.54, 1.807) is 6.07 Å². The van der Waals surface area contributed by atoms with Gasteiger partial charge in [0.15, 0.2) is 6.20 Å². The molecule has 0 aliphatic heterocycles. The predicted octanol–water partition coefficient (Wildman–Crippen LogP) is 1.57. The minimum Gasteiger partial charge on any atom is -0.461 e. The average molecular weight is 384 g/mol. The van der Waals surface area contributed by atoms with Gasteiger partial charge in [-0.05, 0) is 18.2 Å². The zero-order valence-corrected chi connectivity index (χ0v) is 13.6. The van der Waals surface area contributed by atoms with Crippen LogP contribution in [-0.2, 0) is 16.1 Å². The molecule has 0 fully saturated rings. The van der Waals surface area contributed by atoms with Crippen molar-refractivity contribution >= 4 is 39.8 Å². The number of anilines is 2. The van der Waals surface area contributed by atoms with Crippen molar-refractivity contribution in [2.24, 2.45) is 0 Å². The van der Waals surface area contributed by atoms with Crippen molar-refractivity contribution in [3.8, 4) is 0 Å². The van der Waals surface area contributed by atoms with Gasteiger partial charge in [0.2, 0.25) is 12.2 Å². The molecule has 0 bridgehead atoms. The smallest absolute Gasteiger partial charge is 0.407 e. The second-order valence-corrected chi connectivity index (χ2v) is 5.27. The van der Waals surface area contributed by atoms with Gasteiger partial charge < -0.3 is 15.4 Å². The molecule has 0 saturated heterocycles. The van der Waals surface area contributed by atoms with Crippen LogP contribution in [-0.4, -0.2) is 24.5 Å². The van der Waals surface area contributed by atoms with Crippen molar-refractivity contribution in [3.05, 3.63) is 46.1 Å². The molecule has 1 amide bonds. The first-order valence-electron chi connectivity index (χ1n) is 6.44. The maximum absolute atomic E-state index is 13.9. The van der Waals surface area contributed by atoms with Crippen LogP contribution in [0.15, 0.2) is 28.9 Å². The molecule has 23 heavy (non-hydrogen) atoms. The van der Waals surface area contributed by atoms with Gasteiger partial charge in [-0.3, -0.25) is 4.79 Å². The molecule has 1 aromatic carbocycles. The van der Waals surface area contributed by atoms with E-state index >= 15 is 0 Å². The fourth-order valence-corrected chi connectivity index (χ4v) is 2.09. The molecule has 1 aromatic heterocycles. The molecule has 1 heterocycles. The number of rotatable bonds is 6. The highest BCUT2D eigenvalue weighted by Gasteiger charge is 2.23. The number of esters is 1. The van der Waals surface area contributed by atoms with Gasteiger partial charge in [0.05, 0.1) is 19.3 Å². The molecule has 7 nitrogen and oxygen atoms in total. The lowest BCUT2D eigenvalue weighted by atomic mass is 10.3. The molecule has 0 unspecified atom stereocenters. The fourth-order valence-electron chi connectivity index (χ4n) is 1.76. The number of hydrogen-bond acceptors (Lipinski definition) is 5. The number of benzene rings is 1. The minimum absolute atomic E-state index is 0.0321. The summed E-state index contributed by atoms with van der Waals surface area (Å²) in [5, 5.41) is 5.19. The number of halogens is 2. The summed E-state index contributed by atoms with van der Waals surface area (Å²) in [7, 11) is 1.22. The second kappa shape index (κ2) is 7.63. The zero-order chi connectivity index (χ0) is 16.8. The SMILES string of the molecule is COC(=O)c1[nH+]cc(CNC=O)nc1Nc1ccc(Br)cc1F. The molecule has 0 radical (unpaired) electrons. The third-order valence-corrected chi connectivity index (χ3v) is 3.31. The molecule has 0 aliphatic carbocycles. The first-order valence-corrected chi connectivity index (χ1v) is 7.23. The normalized spacial score (nSPS) is 10.0. The number of hydrogen-bond donors (Lipinski definition) is 2. The maximum Gasteiger partial charge on any atom is 0.407 e. The highest BCUT2D eigenvalue weighted by molar-refractivity contribution is 9.10. The molecule has 0 atom stereocenters. The number of nitrogens with zero attached hydrogens (tertiary/aromatic N) is 1. The lowest BCUT2D eigenvalue weighted by Crippen LogP contribution is -2.24. The number of methoxy groups -OCH3 is 1. The molecule has 3 N–H and O–H groups in total. The van der Waals surface area contributed by atoms with Gasteiger partial charge in [0, 0.05) is 4.47 Å². The first kappa shape index (κ1) is 16.8. The van der Waals surface area contributed by atoms with Gasteiger partial charge in [0.25, 0.3) is 0 Å². The Hall–Kier alpha value is -2.55. The summed E-state index contributed by atoms with van der Waals surface area (Å²) >= 11 is 3.17. The zero-order valence-electron chi connectivity index (χ0n) is 12.0. The second-order valence-electron chi connectivity index (χ2n) is 4.35.